The molecular weight excluding hydrogens is 514 g/mol. The van der Waals surface area contributed by atoms with Gasteiger partial charge in [-0.3, -0.25) is 23.2 Å². The number of carbonyl (C=O) groups excluding carboxylic acids is 1. The van der Waals surface area contributed by atoms with Gasteiger partial charge < -0.3 is 5.32 Å². The first-order valence-electron chi connectivity index (χ1n) is 13.2. The maximum atomic E-state index is 14.3. The second-order valence-electron chi connectivity index (χ2n) is 9.89. The van der Waals surface area contributed by atoms with Gasteiger partial charge in [0.15, 0.2) is 5.65 Å². The number of carbonyl (C=O) groups is 1. The minimum absolute atomic E-state index is 0.217. The fourth-order valence-electron chi connectivity index (χ4n) is 4.99. The Balaban J connectivity index is 1.49. The van der Waals surface area contributed by atoms with E-state index in [1.165, 1.54) is 0 Å². The van der Waals surface area contributed by atoms with Crippen molar-refractivity contribution in [3.05, 3.63) is 124 Å². The van der Waals surface area contributed by atoms with Gasteiger partial charge in [-0.25, -0.2) is 9.97 Å². The van der Waals surface area contributed by atoms with Crippen molar-refractivity contribution in [1.29, 1.82) is 0 Å². The number of hydrogen-bond donors (Lipinski definition) is 1. The van der Waals surface area contributed by atoms with E-state index in [0.29, 0.717) is 39.2 Å². The van der Waals surface area contributed by atoms with Crippen LogP contribution in [0.1, 0.15) is 51.5 Å². The van der Waals surface area contributed by atoms with Gasteiger partial charge in [0.25, 0.3) is 11.5 Å². The third kappa shape index (κ3) is 4.55. The van der Waals surface area contributed by atoms with Crippen LogP contribution in [-0.2, 0) is 7.05 Å². The minimum Gasteiger partial charge on any atom is -0.344 e. The summed E-state index contributed by atoms with van der Waals surface area (Å²) in [6, 6.07) is 16.4. The second-order valence-corrected chi connectivity index (χ2v) is 9.89. The highest BCUT2D eigenvalue weighted by molar-refractivity contribution is 6.01. The molecule has 6 rings (SSSR count). The zero-order chi connectivity index (χ0) is 28.7. The van der Waals surface area contributed by atoms with Crippen molar-refractivity contribution in [3.8, 4) is 17.5 Å². The summed E-state index contributed by atoms with van der Waals surface area (Å²) in [5, 5.41) is 8.59. The third-order valence-electron chi connectivity index (χ3n) is 7.30. The van der Waals surface area contributed by atoms with Gasteiger partial charge in [-0.15, -0.1) is 0 Å². The number of fused-ring (bicyclic) bond motifs is 2. The van der Waals surface area contributed by atoms with Gasteiger partial charge in [-0.1, -0.05) is 42.2 Å². The van der Waals surface area contributed by atoms with E-state index in [1.807, 2.05) is 75.5 Å². The number of rotatable bonds is 4. The lowest BCUT2D eigenvalue weighted by Crippen LogP contribution is -2.33. The van der Waals surface area contributed by atoms with E-state index in [4.69, 9.17) is 0 Å². The number of aryl methyl sites for hydroxylation is 2. The number of nitrogens with one attached hydrogen (secondary N) is 1. The van der Waals surface area contributed by atoms with Crippen molar-refractivity contribution < 1.29 is 4.79 Å². The van der Waals surface area contributed by atoms with Gasteiger partial charge in [0, 0.05) is 36.4 Å². The normalized spacial score (nSPS) is 11.8. The lowest BCUT2D eigenvalue weighted by atomic mass is 10.0. The monoisotopic (exact) mass is 541 g/mol. The third-order valence-corrected chi connectivity index (χ3v) is 7.30. The molecule has 2 aromatic carbocycles. The van der Waals surface area contributed by atoms with Gasteiger partial charge in [0.2, 0.25) is 0 Å². The largest absolute Gasteiger partial charge is 0.344 e. The summed E-state index contributed by atoms with van der Waals surface area (Å²) in [6.45, 7) is 5.59. The molecule has 0 aliphatic heterocycles. The van der Waals surface area contributed by atoms with Crippen LogP contribution in [0.4, 0.5) is 0 Å². The van der Waals surface area contributed by atoms with Gasteiger partial charge in [0.1, 0.15) is 11.9 Å². The predicted octanol–water partition coefficient (Wildman–Crippen LogP) is 4.27. The Kier molecular flexibility index (Phi) is 6.44. The van der Waals surface area contributed by atoms with Crippen molar-refractivity contribution in [2.45, 2.75) is 26.8 Å². The van der Waals surface area contributed by atoms with E-state index < -0.39 is 6.04 Å². The highest BCUT2D eigenvalue weighted by Gasteiger charge is 2.22. The topological polar surface area (TPSA) is 99.1 Å². The summed E-state index contributed by atoms with van der Waals surface area (Å²) in [5.41, 5.74) is 4.96. The molecule has 1 atom stereocenters. The number of hydrogen-bond acceptors (Lipinski definition) is 5. The number of imidazole rings is 1. The summed E-state index contributed by atoms with van der Waals surface area (Å²) in [7, 11) is 1.87. The van der Waals surface area contributed by atoms with Crippen LogP contribution in [-0.4, -0.2) is 34.6 Å². The molecule has 0 aliphatic carbocycles. The summed E-state index contributed by atoms with van der Waals surface area (Å²) in [4.78, 5) is 36.5. The average molecular weight is 542 g/mol. The molecule has 0 saturated carbocycles. The maximum Gasteiger partial charge on any atom is 0.264 e. The van der Waals surface area contributed by atoms with Gasteiger partial charge in [-0.05, 0) is 50.4 Å². The van der Waals surface area contributed by atoms with Gasteiger partial charge >= 0.3 is 0 Å². The van der Waals surface area contributed by atoms with Crippen LogP contribution < -0.4 is 10.9 Å². The highest BCUT2D eigenvalue weighted by Crippen LogP contribution is 2.24. The average Bonchev–Trinajstić information content (AvgIpc) is 3.57. The molecule has 1 amide bonds. The number of para-hydroxylation sites is 1. The maximum absolute atomic E-state index is 14.3. The molecule has 9 heteroatoms. The molecule has 9 nitrogen and oxygen atoms in total. The van der Waals surface area contributed by atoms with Crippen LogP contribution >= 0.6 is 0 Å². The molecule has 0 unspecified atom stereocenters. The first-order chi connectivity index (χ1) is 19.8. The summed E-state index contributed by atoms with van der Waals surface area (Å²) in [5.74, 6) is 6.05. The van der Waals surface area contributed by atoms with Crippen molar-refractivity contribution in [2.75, 3.05) is 0 Å². The van der Waals surface area contributed by atoms with E-state index in [2.05, 4.69) is 32.2 Å². The smallest absolute Gasteiger partial charge is 0.264 e. The predicted molar refractivity (Wildman–Crippen MR) is 157 cm³/mol. The van der Waals surface area contributed by atoms with Crippen LogP contribution in [0.15, 0.2) is 84.3 Å². The second kappa shape index (κ2) is 10.2. The number of aromatic nitrogens is 6. The van der Waals surface area contributed by atoms with E-state index in [-0.39, 0.29) is 11.5 Å². The number of benzene rings is 2. The van der Waals surface area contributed by atoms with Crippen molar-refractivity contribution in [3.63, 3.8) is 0 Å². The minimum atomic E-state index is -0.526. The van der Waals surface area contributed by atoms with Gasteiger partial charge in [-0.2, -0.15) is 5.10 Å². The molecule has 4 heterocycles. The molecule has 0 fully saturated rings. The van der Waals surface area contributed by atoms with Crippen molar-refractivity contribution in [1.82, 2.24) is 34.0 Å². The Labute approximate surface area is 236 Å². The Bertz CT molecular complexity index is 2070. The molecule has 0 bridgehead atoms. The Hall–Kier alpha value is -5.49. The number of pyridine rings is 1. The number of nitrogens with zero attached hydrogens (tertiary/aromatic N) is 6. The van der Waals surface area contributed by atoms with E-state index in [0.717, 1.165) is 16.6 Å². The molecule has 0 saturated heterocycles. The lowest BCUT2D eigenvalue weighted by Gasteiger charge is -2.21. The molecule has 0 radical (unpaired) electrons. The SMILES string of the molecule is Cc1ncn2ccnc2c1C(=O)N[C@H](C)c1cc2cccc(C#Cc3cnn(C)c3C)c2c(=O)n1-c1ccccc1. The molecule has 0 aliphatic rings. The zero-order valence-corrected chi connectivity index (χ0v) is 23.1. The van der Waals surface area contributed by atoms with Crippen molar-refractivity contribution in [2.24, 2.45) is 7.05 Å². The highest BCUT2D eigenvalue weighted by atomic mass is 16.2. The molecule has 41 heavy (non-hydrogen) atoms. The van der Waals surface area contributed by atoms with E-state index in [1.54, 1.807) is 45.5 Å². The summed E-state index contributed by atoms with van der Waals surface area (Å²) < 4.78 is 5.12. The molecule has 0 spiro atoms. The van der Waals surface area contributed by atoms with Crippen LogP contribution in [0.3, 0.4) is 0 Å². The fourth-order valence-corrected chi connectivity index (χ4v) is 4.99. The van der Waals surface area contributed by atoms with Crippen LogP contribution in [0, 0.1) is 25.7 Å². The molecule has 6 aromatic rings. The fraction of sp³-hybridized carbons (Fsp3) is 0.156. The van der Waals surface area contributed by atoms with Gasteiger partial charge in [0.05, 0.1) is 34.6 Å². The first-order valence-corrected chi connectivity index (χ1v) is 13.2. The summed E-state index contributed by atoms with van der Waals surface area (Å²) >= 11 is 0. The Morgan fingerprint density at radius 3 is 2.54 bits per heavy atom. The van der Waals surface area contributed by atoms with Crippen molar-refractivity contribution >= 4 is 22.3 Å². The lowest BCUT2D eigenvalue weighted by molar-refractivity contribution is 0.0938. The van der Waals surface area contributed by atoms with Crippen LogP contribution in [0.5, 0.6) is 0 Å². The Morgan fingerprint density at radius 2 is 1.78 bits per heavy atom. The molecular formula is C32H27N7O2. The zero-order valence-electron chi connectivity index (χ0n) is 23.1. The van der Waals surface area contributed by atoms with E-state index in [9.17, 15) is 9.59 Å². The molecule has 202 valence electrons. The standard InChI is InChI=1S/C32H27N7O2/c1-20(36-31(40)28-21(2)34-19-38-16-15-33-30(28)38)27-17-24-10-8-9-23(13-14-25-18-35-37(4)22(25)3)29(24)32(41)39(27)26-11-6-5-7-12-26/h5-12,15-20H,1-4H3,(H,36,40)/t20-/m1/s1. The molecule has 1 N–H and O–H groups in total. The number of amides is 1. The van der Waals surface area contributed by atoms with Crippen LogP contribution in [0.25, 0.3) is 22.1 Å². The first kappa shape index (κ1) is 25.8. The molecule has 4 aromatic heterocycles. The quantitative estimate of drug-likeness (QED) is 0.336. The van der Waals surface area contributed by atoms with Crippen LogP contribution in [0.2, 0.25) is 0 Å². The van der Waals surface area contributed by atoms with E-state index >= 15 is 0 Å². The summed E-state index contributed by atoms with van der Waals surface area (Å²) in [6.07, 6.45) is 6.72. The Morgan fingerprint density at radius 1 is 1.00 bits per heavy atom.